The fourth-order valence-corrected chi connectivity index (χ4v) is 3.58. The molecule has 1 aromatic heterocycles. The van der Waals surface area contributed by atoms with Crippen LogP contribution in [-0.4, -0.2) is 44.9 Å². The normalized spacial score (nSPS) is 25.0. The summed E-state index contributed by atoms with van der Waals surface area (Å²) in [6.07, 6.45) is 5.20. The number of hydrogen-bond donors (Lipinski definition) is 1. The third-order valence-corrected chi connectivity index (χ3v) is 4.73. The van der Waals surface area contributed by atoms with Crippen molar-refractivity contribution < 1.29 is 4.79 Å². The third kappa shape index (κ3) is 3.12. The summed E-state index contributed by atoms with van der Waals surface area (Å²) in [5.41, 5.74) is 1.96. The van der Waals surface area contributed by atoms with Gasteiger partial charge in [-0.1, -0.05) is 29.8 Å². The van der Waals surface area contributed by atoms with Gasteiger partial charge >= 0.3 is 0 Å². The minimum Gasteiger partial charge on any atom is -0.352 e. The standard InChI is InChI=1S/C17H21N5O/c23-17-13-5-4-6-14(18-17)10-21(9-13)11-15-12-22(20-19-15)16-7-2-1-3-8-16/h1-3,7-8,12-14H,4-6,9-11H2,(H,18,23)/t13-,14+/m1/s1. The van der Waals surface area contributed by atoms with E-state index in [1.807, 2.05) is 36.5 Å². The molecular weight excluding hydrogens is 290 g/mol. The predicted octanol–water partition coefficient (Wildman–Crippen LogP) is 1.37. The maximum atomic E-state index is 12.1. The number of hydrogen-bond acceptors (Lipinski definition) is 4. The number of fused-ring (bicyclic) bond motifs is 3. The molecule has 1 N–H and O–H groups in total. The summed E-state index contributed by atoms with van der Waals surface area (Å²) in [4.78, 5) is 14.5. The molecule has 2 saturated heterocycles. The molecule has 6 heteroatoms. The van der Waals surface area contributed by atoms with Crippen LogP contribution in [0.15, 0.2) is 36.5 Å². The molecule has 1 aromatic carbocycles. The van der Waals surface area contributed by atoms with Gasteiger partial charge < -0.3 is 5.32 Å². The molecule has 0 aliphatic carbocycles. The summed E-state index contributed by atoms with van der Waals surface area (Å²) in [6, 6.07) is 10.3. The molecule has 0 saturated carbocycles. The Morgan fingerprint density at radius 2 is 2.04 bits per heavy atom. The summed E-state index contributed by atoms with van der Waals surface area (Å²) in [5.74, 6) is 0.342. The molecule has 1 amide bonds. The van der Waals surface area contributed by atoms with Crippen molar-refractivity contribution in [1.29, 1.82) is 0 Å². The van der Waals surface area contributed by atoms with Crippen LogP contribution in [0.4, 0.5) is 0 Å². The number of nitrogens with one attached hydrogen (secondary N) is 1. The lowest BCUT2D eigenvalue weighted by molar-refractivity contribution is -0.124. The second-order valence-electron chi connectivity index (χ2n) is 6.52. The Morgan fingerprint density at radius 1 is 1.17 bits per heavy atom. The first-order valence-electron chi connectivity index (χ1n) is 8.27. The number of carbonyl (C=O) groups excluding carboxylic acids is 1. The predicted molar refractivity (Wildman–Crippen MR) is 85.9 cm³/mol. The molecule has 4 rings (SSSR count). The second-order valence-corrected chi connectivity index (χ2v) is 6.52. The van der Waals surface area contributed by atoms with Gasteiger partial charge in [0.2, 0.25) is 5.91 Å². The number of likely N-dealkylation sites (tertiary alicyclic amines) is 1. The number of rotatable bonds is 3. The van der Waals surface area contributed by atoms with Gasteiger partial charge in [-0.25, -0.2) is 4.68 Å². The number of amides is 1. The summed E-state index contributed by atoms with van der Waals surface area (Å²) in [7, 11) is 0. The Morgan fingerprint density at radius 3 is 2.91 bits per heavy atom. The Bertz CT molecular complexity index is 683. The van der Waals surface area contributed by atoms with E-state index >= 15 is 0 Å². The molecule has 2 aromatic rings. The van der Waals surface area contributed by atoms with E-state index < -0.39 is 0 Å². The highest BCUT2D eigenvalue weighted by Crippen LogP contribution is 2.22. The number of carbonyl (C=O) groups is 1. The van der Waals surface area contributed by atoms with E-state index in [0.29, 0.717) is 0 Å². The van der Waals surface area contributed by atoms with E-state index in [2.05, 4.69) is 20.5 Å². The van der Waals surface area contributed by atoms with Gasteiger partial charge in [0, 0.05) is 25.7 Å². The number of aromatic nitrogens is 3. The van der Waals surface area contributed by atoms with Crippen LogP contribution in [0.3, 0.4) is 0 Å². The molecule has 0 spiro atoms. The van der Waals surface area contributed by atoms with E-state index in [1.165, 1.54) is 0 Å². The third-order valence-electron chi connectivity index (χ3n) is 4.73. The van der Waals surface area contributed by atoms with Crippen LogP contribution < -0.4 is 5.32 Å². The summed E-state index contributed by atoms with van der Waals surface area (Å²) >= 11 is 0. The highest BCUT2D eigenvalue weighted by atomic mass is 16.2. The van der Waals surface area contributed by atoms with Crippen LogP contribution in [0.2, 0.25) is 0 Å². The molecular formula is C17H21N5O. The summed E-state index contributed by atoms with van der Waals surface area (Å²) in [5, 5.41) is 11.7. The fraction of sp³-hybridized carbons (Fsp3) is 0.471. The Labute approximate surface area is 135 Å². The van der Waals surface area contributed by atoms with E-state index in [4.69, 9.17) is 0 Å². The van der Waals surface area contributed by atoms with Crippen molar-refractivity contribution >= 4 is 5.91 Å². The summed E-state index contributed by atoms with van der Waals surface area (Å²) < 4.78 is 1.80. The molecule has 2 aliphatic rings. The van der Waals surface area contributed by atoms with Gasteiger partial charge in [-0.05, 0) is 25.0 Å². The molecule has 2 aliphatic heterocycles. The molecule has 3 heterocycles. The van der Waals surface area contributed by atoms with Gasteiger partial charge in [0.1, 0.15) is 0 Å². The van der Waals surface area contributed by atoms with E-state index in [1.54, 1.807) is 4.68 Å². The first-order valence-corrected chi connectivity index (χ1v) is 8.27. The SMILES string of the molecule is O=C1N[C@H]2CCC[C@@H]1CN(Cc1cn(-c3ccccc3)nn1)C2. The zero-order valence-electron chi connectivity index (χ0n) is 13.1. The second kappa shape index (κ2) is 6.12. The van der Waals surface area contributed by atoms with Crippen molar-refractivity contribution in [2.45, 2.75) is 31.8 Å². The quantitative estimate of drug-likeness (QED) is 0.930. The molecule has 120 valence electrons. The average Bonchev–Trinajstić information content (AvgIpc) is 2.87. The maximum absolute atomic E-state index is 12.1. The van der Waals surface area contributed by atoms with Crippen LogP contribution in [0.1, 0.15) is 25.0 Å². The topological polar surface area (TPSA) is 63.1 Å². The van der Waals surface area contributed by atoms with E-state index in [-0.39, 0.29) is 17.9 Å². The minimum absolute atomic E-state index is 0.117. The molecule has 2 fully saturated rings. The van der Waals surface area contributed by atoms with Gasteiger partial charge in [-0.2, -0.15) is 0 Å². The smallest absolute Gasteiger partial charge is 0.224 e. The zero-order chi connectivity index (χ0) is 15.6. The van der Waals surface area contributed by atoms with Crippen LogP contribution in [0, 0.1) is 5.92 Å². The molecule has 2 atom stereocenters. The van der Waals surface area contributed by atoms with Crippen molar-refractivity contribution in [3.05, 3.63) is 42.2 Å². The van der Waals surface area contributed by atoms with Gasteiger partial charge in [0.25, 0.3) is 0 Å². The van der Waals surface area contributed by atoms with Crippen molar-refractivity contribution in [3.8, 4) is 5.69 Å². The first-order chi connectivity index (χ1) is 11.3. The van der Waals surface area contributed by atoms with Crippen LogP contribution in [-0.2, 0) is 11.3 Å². The number of para-hydroxylation sites is 1. The van der Waals surface area contributed by atoms with Gasteiger partial charge in [0.05, 0.1) is 23.5 Å². The lowest BCUT2D eigenvalue weighted by Gasteiger charge is -2.26. The van der Waals surface area contributed by atoms with Gasteiger partial charge in [-0.15, -0.1) is 5.10 Å². The van der Waals surface area contributed by atoms with Gasteiger partial charge in [0.15, 0.2) is 0 Å². The lowest BCUT2D eigenvalue weighted by atomic mass is 9.99. The van der Waals surface area contributed by atoms with Crippen molar-refractivity contribution in [2.75, 3.05) is 13.1 Å². The molecule has 0 unspecified atom stereocenters. The average molecular weight is 311 g/mol. The molecule has 0 radical (unpaired) electrons. The fourth-order valence-electron chi connectivity index (χ4n) is 3.58. The minimum atomic E-state index is 0.117. The van der Waals surface area contributed by atoms with Crippen LogP contribution >= 0.6 is 0 Å². The number of nitrogens with zero attached hydrogens (tertiary/aromatic N) is 4. The number of benzene rings is 1. The van der Waals surface area contributed by atoms with Gasteiger partial charge in [-0.3, -0.25) is 9.69 Å². The molecule has 2 bridgehead atoms. The Kier molecular flexibility index (Phi) is 3.83. The Hall–Kier alpha value is -2.21. The maximum Gasteiger partial charge on any atom is 0.224 e. The van der Waals surface area contributed by atoms with E-state index in [0.717, 1.165) is 50.3 Å². The summed E-state index contributed by atoms with van der Waals surface area (Å²) in [6.45, 7) is 2.47. The van der Waals surface area contributed by atoms with Crippen LogP contribution in [0.5, 0.6) is 0 Å². The largest absolute Gasteiger partial charge is 0.352 e. The first kappa shape index (κ1) is 14.4. The van der Waals surface area contributed by atoms with Crippen molar-refractivity contribution in [3.63, 3.8) is 0 Å². The monoisotopic (exact) mass is 311 g/mol. The van der Waals surface area contributed by atoms with Crippen molar-refractivity contribution in [2.24, 2.45) is 5.92 Å². The van der Waals surface area contributed by atoms with Crippen LogP contribution in [0.25, 0.3) is 5.69 Å². The highest BCUT2D eigenvalue weighted by molar-refractivity contribution is 5.79. The molecule has 6 nitrogen and oxygen atoms in total. The van der Waals surface area contributed by atoms with E-state index in [9.17, 15) is 4.79 Å². The molecule has 23 heavy (non-hydrogen) atoms. The lowest BCUT2D eigenvalue weighted by Crippen LogP contribution is -2.38. The zero-order valence-corrected chi connectivity index (χ0v) is 13.1. The Balaban J connectivity index is 1.48. The highest BCUT2D eigenvalue weighted by Gasteiger charge is 2.32. The van der Waals surface area contributed by atoms with Crippen molar-refractivity contribution in [1.82, 2.24) is 25.2 Å².